The van der Waals surface area contributed by atoms with Gasteiger partial charge in [0.15, 0.2) is 0 Å². The van der Waals surface area contributed by atoms with Crippen LogP contribution >= 0.6 is 0 Å². The van der Waals surface area contributed by atoms with Crippen LogP contribution in [-0.4, -0.2) is 48.1 Å². The third-order valence-corrected chi connectivity index (χ3v) is 4.54. The molecule has 21 heavy (non-hydrogen) atoms. The minimum atomic E-state index is -3.52. The maximum absolute atomic E-state index is 11.8. The van der Waals surface area contributed by atoms with Crippen LogP contribution in [0.5, 0.6) is 0 Å². The van der Waals surface area contributed by atoms with Gasteiger partial charge < -0.3 is 15.0 Å². The second kappa shape index (κ2) is 7.53. The lowest BCUT2D eigenvalue weighted by Gasteiger charge is -2.24. The molecule has 0 unspecified atom stereocenters. The first-order valence-electron chi connectivity index (χ1n) is 7.01. The Hall–Kier alpha value is -1.44. The summed E-state index contributed by atoms with van der Waals surface area (Å²) in [5, 5.41) is 3.28. The largest absolute Gasteiger partial charge is 0.383 e. The van der Waals surface area contributed by atoms with Crippen LogP contribution in [-0.2, 0) is 14.8 Å². The van der Waals surface area contributed by atoms with E-state index in [4.69, 9.17) is 4.74 Å². The van der Waals surface area contributed by atoms with Crippen molar-refractivity contribution < 1.29 is 13.2 Å². The molecule has 1 heterocycles. The lowest BCUT2D eigenvalue weighted by Crippen LogP contribution is -2.29. The maximum Gasteiger partial charge on any atom is 0.285 e. The fourth-order valence-electron chi connectivity index (χ4n) is 2.16. The Labute approximate surface area is 125 Å². The van der Waals surface area contributed by atoms with Gasteiger partial charge in [0, 0.05) is 20.2 Å². The molecule has 0 spiro atoms. The van der Waals surface area contributed by atoms with Crippen molar-refractivity contribution in [3.63, 3.8) is 0 Å². The van der Waals surface area contributed by atoms with E-state index < -0.39 is 10.0 Å². The highest BCUT2D eigenvalue weighted by atomic mass is 32.2. The van der Waals surface area contributed by atoms with Crippen LogP contribution in [0.1, 0.15) is 12.8 Å². The number of methoxy groups -OCH3 is 1. The van der Waals surface area contributed by atoms with Crippen molar-refractivity contribution in [2.75, 3.05) is 38.3 Å². The van der Waals surface area contributed by atoms with E-state index in [1.807, 2.05) is 17.0 Å². The molecular weight excluding hydrogens is 290 g/mol. The van der Waals surface area contributed by atoms with Crippen LogP contribution in [0.15, 0.2) is 33.6 Å². The Kier molecular flexibility index (Phi) is 5.72. The summed E-state index contributed by atoms with van der Waals surface area (Å²) in [6.07, 6.45) is 3.39. The number of sulfonamides is 1. The molecule has 0 atom stereocenters. The number of hydrogen-bond donors (Lipinski definition) is 1. The average Bonchev–Trinajstić information content (AvgIpc) is 2.49. The zero-order valence-electron chi connectivity index (χ0n) is 12.2. The number of nitrogens with one attached hydrogen (secondary N) is 1. The third-order valence-electron chi connectivity index (χ3n) is 3.26. The number of fused-ring (bicyclic) bond motifs is 1. The van der Waals surface area contributed by atoms with Crippen LogP contribution in [0, 0.1) is 0 Å². The van der Waals surface area contributed by atoms with Crippen molar-refractivity contribution in [1.82, 2.24) is 5.32 Å². The summed E-state index contributed by atoms with van der Waals surface area (Å²) < 4.78 is 32.3. The standard InChI is InChI=1S/C14H21N3O3S/c1-20-11-9-15-8-4-5-10-17-12-16-21(18,19)14-7-3-2-6-13(14)17/h2-3,6-7,12,15H,4-5,8-11H2,1H3. The molecule has 0 amide bonds. The first kappa shape index (κ1) is 15.9. The molecule has 7 heteroatoms. The van der Waals surface area contributed by atoms with E-state index in [1.165, 1.54) is 6.34 Å². The summed E-state index contributed by atoms with van der Waals surface area (Å²) in [6.45, 7) is 3.24. The van der Waals surface area contributed by atoms with Gasteiger partial charge in [0.25, 0.3) is 10.0 Å². The predicted molar refractivity (Wildman–Crippen MR) is 83.4 cm³/mol. The molecule has 1 aliphatic heterocycles. The molecule has 1 N–H and O–H groups in total. The predicted octanol–water partition coefficient (Wildman–Crippen LogP) is 1.24. The number of anilines is 1. The van der Waals surface area contributed by atoms with Crippen molar-refractivity contribution in [1.29, 1.82) is 0 Å². The van der Waals surface area contributed by atoms with Crippen LogP contribution in [0.4, 0.5) is 5.69 Å². The number of ether oxygens (including phenoxy) is 1. The molecule has 2 rings (SSSR count). The number of hydrogen-bond acceptors (Lipinski definition) is 5. The smallest absolute Gasteiger partial charge is 0.285 e. The Bertz CT molecular complexity index is 587. The topological polar surface area (TPSA) is 71.0 Å². The normalized spacial score (nSPS) is 16.0. The van der Waals surface area contributed by atoms with Gasteiger partial charge in [0.1, 0.15) is 11.2 Å². The second-order valence-electron chi connectivity index (χ2n) is 4.81. The molecule has 116 valence electrons. The fourth-order valence-corrected chi connectivity index (χ4v) is 3.21. The van der Waals surface area contributed by atoms with E-state index in [1.54, 1.807) is 19.2 Å². The minimum absolute atomic E-state index is 0.283. The summed E-state index contributed by atoms with van der Waals surface area (Å²) >= 11 is 0. The van der Waals surface area contributed by atoms with Gasteiger partial charge in [-0.05, 0) is 31.5 Å². The SMILES string of the molecule is COCCNCCCCN1C=NS(=O)(=O)c2ccccc21. The van der Waals surface area contributed by atoms with Crippen molar-refractivity contribution in [3.8, 4) is 0 Å². The molecule has 0 aliphatic carbocycles. The number of nitrogens with zero attached hydrogens (tertiary/aromatic N) is 2. The van der Waals surface area contributed by atoms with E-state index in [9.17, 15) is 8.42 Å². The van der Waals surface area contributed by atoms with Gasteiger partial charge in [-0.15, -0.1) is 4.40 Å². The van der Waals surface area contributed by atoms with Crippen LogP contribution in [0.25, 0.3) is 0 Å². The van der Waals surface area contributed by atoms with E-state index in [0.717, 1.165) is 32.5 Å². The van der Waals surface area contributed by atoms with Gasteiger partial charge in [0.05, 0.1) is 12.3 Å². The maximum atomic E-state index is 11.8. The summed E-state index contributed by atoms with van der Waals surface area (Å²) in [6, 6.07) is 6.97. The molecule has 0 saturated heterocycles. The highest BCUT2D eigenvalue weighted by Crippen LogP contribution is 2.29. The van der Waals surface area contributed by atoms with E-state index >= 15 is 0 Å². The Morgan fingerprint density at radius 2 is 2.05 bits per heavy atom. The molecule has 0 fully saturated rings. The highest BCUT2D eigenvalue weighted by molar-refractivity contribution is 7.90. The van der Waals surface area contributed by atoms with Crippen molar-refractivity contribution in [3.05, 3.63) is 24.3 Å². The molecule has 0 saturated carbocycles. The van der Waals surface area contributed by atoms with Gasteiger partial charge in [-0.3, -0.25) is 0 Å². The van der Waals surface area contributed by atoms with Crippen molar-refractivity contribution >= 4 is 22.0 Å². The fraction of sp³-hybridized carbons (Fsp3) is 0.500. The second-order valence-corrected chi connectivity index (χ2v) is 6.41. The number of para-hydroxylation sites is 1. The molecule has 1 aromatic rings. The number of rotatable bonds is 8. The van der Waals surface area contributed by atoms with Crippen LogP contribution in [0.3, 0.4) is 0 Å². The quantitative estimate of drug-likeness (QED) is 0.731. The van der Waals surface area contributed by atoms with Gasteiger partial charge in [-0.25, -0.2) is 0 Å². The van der Waals surface area contributed by atoms with E-state index in [0.29, 0.717) is 12.3 Å². The number of unbranched alkanes of at least 4 members (excludes halogenated alkanes) is 1. The summed E-state index contributed by atoms with van der Waals surface area (Å²) in [4.78, 5) is 2.18. The molecule has 0 aromatic heterocycles. The van der Waals surface area contributed by atoms with Crippen molar-refractivity contribution in [2.45, 2.75) is 17.7 Å². The monoisotopic (exact) mass is 311 g/mol. The summed E-state index contributed by atoms with van der Waals surface area (Å²) in [5.74, 6) is 0. The van der Waals surface area contributed by atoms with E-state index in [-0.39, 0.29) is 4.90 Å². The lowest BCUT2D eigenvalue weighted by molar-refractivity contribution is 0.199. The summed E-state index contributed by atoms with van der Waals surface area (Å²) in [7, 11) is -1.84. The van der Waals surface area contributed by atoms with Gasteiger partial charge in [-0.1, -0.05) is 12.1 Å². The molecule has 6 nitrogen and oxygen atoms in total. The molecule has 1 aromatic carbocycles. The average molecular weight is 311 g/mol. The van der Waals surface area contributed by atoms with Gasteiger partial charge in [-0.2, -0.15) is 8.42 Å². The highest BCUT2D eigenvalue weighted by Gasteiger charge is 2.24. The van der Waals surface area contributed by atoms with Crippen LogP contribution < -0.4 is 10.2 Å². The first-order chi connectivity index (χ1) is 10.1. The van der Waals surface area contributed by atoms with Crippen LogP contribution in [0.2, 0.25) is 0 Å². The number of benzene rings is 1. The minimum Gasteiger partial charge on any atom is -0.383 e. The Morgan fingerprint density at radius 3 is 2.86 bits per heavy atom. The molecular formula is C14H21N3O3S. The molecule has 0 radical (unpaired) electrons. The first-order valence-corrected chi connectivity index (χ1v) is 8.45. The van der Waals surface area contributed by atoms with Gasteiger partial charge >= 0.3 is 0 Å². The molecule has 0 bridgehead atoms. The summed E-state index contributed by atoms with van der Waals surface area (Å²) in [5.41, 5.74) is 0.708. The zero-order valence-corrected chi connectivity index (χ0v) is 13.0. The zero-order chi connectivity index (χ0) is 15.1. The molecule has 1 aliphatic rings. The Morgan fingerprint density at radius 1 is 1.24 bits per heavy atom. The Balaban J connectivity index is 1.85. The van der Waals surface area contributed by atoms with Gasteiger partial charge in [0.2, 0.25) is 0 Å². The lowest BCUT2D eigenvalue weighted by atomic mass is 10.2. The third kappa shape index (κ3) is 4.26. The van der Waals surface area contributed by atoms with E-state index in [2.05, 4.69) is 9.71 Å². The van der Waals surface area contributed by atoms with Crippen molar-refractivity contribution in [2.24, 2.45) is 4.40 Å².